The monoisotopic (exact) mass is 289 g/mol. The molecule has 1 unspecified atom stereocenters. The Balaban J connectivity index is 1.99. The van der Waals surface area contributed by atoms with Gasteiger partial charge < -0.3 is 16.0 Å². The first-order valence-corrected chi connectivity index (χ1v) is 7.53. The van der Waals surface area contributed by atoms with E-state index in [0.717, 1.165) is 31.6 Å². The van der Waals surface area contributed by atoms with Gasteiger partial charge in [0.25, 0.3) is 0 Å². The number of rotatable bonds is 4. The summed E-state index contributed by atoms with van der Waals surface area (Å²) >= 11 is 0. The largest absolute Gasteiger partial charge is 0.374 e. The first kappa shape index (κ1) is 15.4. The number of primary amides is 1. The number of nitrogens with two attached hydrogens (primary N) is 1. The summed E-state index contributed by atoms with van der Waals surface area (Å²) in [5.41, 5.74) is 6.44. The molecule has 2 rings (SSSR count). The summed E-state index contributed by atoms with van der Waals surface area (Å²) < 4.78 is 0. The fourth-order valence-electron chi connectivity index (χ4n) is 2.64. The molecule has 1 heterocycles. The van der Waals surface area contributed by atoms with Crippen LogP contribution in [0.3, 0.4) is 0 Å². The van der Waals surface area contributed by atoms with Crippen molar-refractivity contribution < 1.29 is 9.59 Å². The van der Waals surface area contributed by atoms with Crippen LogP contribution in [0.5, 0.6) is 0 Å². The smallest absolute Gasteiger partial charge is 0.248 e. The molecular formula is C16H23N3O2. The summed E-state index contributed by atoms with van der Waals surface area (Å²) in [4.78, 5) is 25.6. The van der Waals surface area contributed by atoms with Gasteiger partial charge >= 0.3 is 0 Å². The van der Waals surface area contributed by atoms with Crippen LogP contribution < -0.4 is 11.1 Å². The van der Waals surface area contributed by atoms with Crippen molar-refractivity contribution in [3.8, 4) is 0 Å². The molecule has 3 N–H and O–H groups in total. The Morgan fingerprint density at radius 1 is 1.19 bits per heavy atom. The Morgan fingerprint density at radius 3 is 2.48 bits per heavy atom. The third-order valence-electron chi connectivity index (χ3n) is 3.82. The summed E-state index contributed by atoms with van der Waals surface area (Å²) in [5.74, 6) is -0.355. The predicted octanol–water partition coefficient (Wildman–Crippen LogP) is 1.99. The predicted molar refractivity (Wildman–Crippen MR) is 83.1 cm³/mol. The number of likely N-dealkylation sites (tertiary alicyclic amines) is 1. The number of nitrogens with zero attached hydrogens (tertiary/aromatic N) is 1. The number of amides is 2. The van der Waals surface area contributed by atoms with Crippen LogP contribution in [-0.4, -0.2) is 35.8 Å². The molecule has 0 radical (unpaired) electrons. The van der Waals surface area contributed by atoms with Gasteiger partial charge in [-0.05, 0) is 38.0 Å². The van der Waals surface area contributed by atoms with Crippen LogP contribution in [0.15, 0.2) is 24.3 Å². The van der Waals surface area contributed by atoms with E-state index < -0.39 is 5.91 Å². The van der Waals surface area contributed by atoms with E-state index in [4.69, 9.17) is 5.73 Å². The van der Waals surface area contributed by atoms with Crippen LogP contribution in [0.4, 0.5) is 5.69 Å². The second kappa shape index (κ2) is 7.11. The summed E-state index contributed by atoms with van der Waals surface area (Å²) in [7, 11) is 0. The highest BCUT2D eigenvalue weighted by molar-refractivity contribution is 5.94. The summed E-state index contributed by atoms with van der Waals surface area (Å²) in [6.07, 6.45) is 4.56. The van der Waals surface area contributed by atoms with E-state index in [2.05, 4.69) is 5.32 Å². The number of hydrogen-bond donors (Lipinski definition) is 2. The Hall–Kier alpha value is -2.04. The summed E-state index contributed by atoms with van der Waals surface area (Å²) in [6.45, 7) is 3.53. The van der Waals surface area contributed by atoms with Crippen molar-refractivity contribution in [3.63, 3.8) is 0 Å². The van der Waals surface area contributed by atoms with Crippen LogP contribution in [0.1, 0.15) is 43.0 Å². The molecule has 0 bridgehead atoms. The molecule has 114 valence electrons. The normalized spacial score (nSPS) is 16.9. The van der Waals surface area contributed by atoms with Crippen LogP contribution in [-0.2, 0) is 4.79 Å². The van der Waals surface area contributed by atoms with E-state index in [1.165, 1.54) is 12.8 Å². The van der Waals surface area contributed by atoms with Gasteiger partial charge in [0.15, 0.2) is 0 Å². The number of anilines is 1. The van der Waals surface area contributed by atoms with Crippen molar-refractivity contribution in [3.05, 3.63) is 29.8 Å². The molecule has 1 aliphatic heterocycles. The molecule has 0 aromatic heterocycles. The maximum absolute atomic E-state index is 12.4. The van der Waals surface area contributed by atoms with Gasteiger partial charge in [-0.2, -0.15) is 0 Å². The topological polar surface area (TPSA) is 75.4 Å². The van der Waals surface area contributed by atoms with E-state index in [0.29, 0.717) is 5.56 Å². The zero-order valence-electron chi connectivity index (χ0n) is 12.5. The molecule has 1 aromatic carbocycles. The minimum atomic E-state index is -0.467. The minimum Gasteiger partial charge on any atom is -0.374 e. The lowest BCUT2D eigenvalue weighted by Gasteiger charge is -2.25. The number of nitrogens with one attached hydrogen (secondary N) is 1. The average Bonchev–Trinajstić information content (AvgIpc) is 2.75. The molecular weight excluding hydrogens is 266 g/mol. The van der Waals surface area contributed by atoms with Gasteiger partial charge in [0.2, 0.25) is 11.8 Å². The third kappa shape index (κ3) is 4.21. The Morgan fingerprint density at radius 2 is 1.86 bits per heavy atom. The minimum absolute atomic E-state index is 0.112. The van der Waals surface area contributed by atoms with Gasteiger partial charge in [-0.15, -0.1) is 0 Å². The van der Waals surface area contributed by atoms with Gasteiger partial charge in [0.05, 0.1) is 0 Å². The number of benzene rings is 1. The van der Waals surface area contributed by atoms with Gasteiger partial charge in [0.1, 0.15) is 6.04 Å². The molecule has 1 saturated heterocycles. The number of carbonyl (C=O) groups is 2. The van der Waals surface area contributed by atoms with Crippen molar-refractivity contribution in [2.45, 2.75) is 38.6 Å². The molecule has 5 nitrogen and oxygen atoms in total. The number of hydrogen-bond acceptors (Lipinski definition) is 3. The van der Waals surface area contributed by atoms with Gasteiger partial charge in [-0.3, -0.25) is 9.59 Å². The fraction of sp³-hybridized carbons (Fsp3) is 0.500. The van der Waals surface area contributed by atoms with Gasteiger partial charge in [0, 0.05) is 24.3 Å². The Kier molecular flexibility index (Phi) is 5.20. The zero-order chi connectivity index (χ0) is 15.2. The average molecular weight is 289 g/mol. The molecule has 1 aliphatic rings. The SMILES string of the molecule is CC(Nc1cccc(C(N)=O)c1)C(=O)N1CCCCCC1. The highest BCUT2D eigenvalue weighted by Crippen LogP contribution is 2.15. The lowest BCUT2D eigenvalue weighted by Crippen LogP contribution is -2.41. The van der Waals surface area contributed by atoms with E-state index in [1.807, 2.05) is 17.9 Å². The highest BCUT2D eigenvalue weighted by atomic mass is 16.2. The van der Waals surface area contributed by atoms with Crippen molar-refractivity contribution in [2.75, 3.05) is 18.4 Å². The zero-order valence-corrected chi connectivity index (χ0v) is 12.5. The summed E-state index contributed by atoms with van der Waals surface area (Å²) in [6, 6.07) is 6.61. The van der Waals surface area contributed by atoms with Crippen LogP contribution in [0.2, 0.25) is 0 Å². The van der Waals surface area contributed by atoms with Gasteiger partial charge in [-0.25, -0.2) is 0 Å². The van der Waals surface area contributed by atoms with E-state index in [1.54, 1.807) is 18.2 Å². The standard InChI is InChI=1S/C16H23N3O2/c1-12(16(21)19-9-4-2-3-5-10-19)18-14-8-6-7-13(11-14)15(17)20/h6-8,11-12,18H,2-5,9-10H2,1H3,(H2,17,20). The molecule has 1 aromatic rings. The Bertz CT molecular complexity index is 508. The fourth-order valence-corrected chi connectivity index (χ4v) is 2.64. The van der Waals surface area contributed by atoms with Crippen molar-refractivity contribution in [1.82, 2.24) is 4.90 Å². The Labute approximate surface area is 125 Å². The lowest BCUT2D eigenvalue weighted by atomic mass is 10.1. The molecule has 0 saturated carbocycles. The molecule has 2 amide bonds. The molecule has 21 heavy (non-hydrogen) atoms. The second-order valence-electron chi connectivity index (χ2n) is 5.55. The molecule has 0 aliphatic carbocycles. The third-order valence-corrected chi connectivity index (χ3v) is 3.82. The number of carbonyl (C=O) groups excluding carboxylic acids is 2. The first-order chi connectivity index (χ1) is 10.1. The van der Waals surface area contributed by atoms with Crippen molar-refractivity contribution in [1.29, 1.82) is 0 Å². The maximum atomic E-state index is 12.4. The van der Waals surface area contributed by atoms with Crippen LogP contribution >= 0.6 is 0 Å². The molecule has 5 heteroatoms. The highest BCUT2D eigenvalue weighted by Gasteiger charge is 2.21. The lowest BCUT2D eigenvalue weighted by molar-refractivity contribution is -0.131. The van der Waals surface area contributed by atoms with E-state index in [-0.39, 0.29) is 11.9 Å². The van der Waals surface area contributed by atoms with Gasteiger partial charge in [-0.1, -0.05) is 18.9 Å². The molecule has 0 spiro atoms. The summed E-state index contributed by atoms with van der Waals surface area (Å²) in [5, 5.41) is 3.16. The molecule has 1 fully saturated rings. The maximum Gasteiger partial charge on any atom is 0.248 e. The first-order valence-electron chi connectivity index (χ1n) is 7.53. The van der Waals surface area contributed by atoms with E-state index >= 15 is 0 Å². The van der Waals surface area contributed by atoms with Crippen LogP contribution in [0, 0.1) is 0 Å². The second-order valence-corrected chi connectivity index (χ2v) is 5.55. The molecule has 1 atom stereocenters. The van der Waals surface area contributed by atoms with E-state index in [9.17, 15) is 9.59 Å². The van der Waals surface area contributed by atoms with Crippen molar-refractivity contribution >= 4 is 17.5 Å². The van der Waals surface area contributed by atoms with Crippen LogP contribution in [0.25, 0.3) is 0 Å². The van der Waals surface area contributed by atoms with Crippen molar-refractivity contribution in [2.24, 2.45) is 5.73 Å². The quantitative estimate of drug-likeness (QED) is 0.890.